The number of ether oxygens (including phenoxy) is 3. The Kier molecular flexibility index (Phi) is 5.23. The quantitative estimate of drug-likeness (QED) is 0.473. The minimum atomic E-state index is -0.507. The third kappa shape index (κ3) is 3.89. The number of benzene rings is 2. The summed E-state index contributed by atoms with van der Waals surface area (Å²) >= 11 is 6.20. The van der Waals surface area contributed by atoms with Crippen LogP contribution in [0.3, 0.4) is 0 Å². The van der Waals surface area contributed by atoms with E-state index in [0.29, 0.717) is 34.2 Å². The smallest absolute Gasteiger partial charge is 0.347 e. The molecule has 4 rings (SSSR count). The molecule has 27 heavy (non-hydrogen) atoms. The van der Waals surface area contributed by atoms with Crippen molar-refractivity contribution in [2.75, 3.05) is 13.2 Å². The number of pyridine rings is 1. The Morgan fingerprint density at radius 2 is 2.04 bits per heavy atom. The summed E-state index contributed by atoms with van der Waals surface area (Å²) in [6.45, 7) is 1.17. The van der Waals surface area contributed by atoms with Crippen molar-refractivity contribution in [1.82, 2.24) is 4.98 Å². The topological polar surface area (TPSA) is 57.7 Å². The molecule has 0 spiro atoms. The second kappa shape index (κ2) is 7.94. The van der Waals surface area contributed by atoms with Crippen LogP contribution < -0.4 is 9.47 Å². The van der Waals surface area contributed by atoms with Gasteiger partial charge in [0.05, 0.1) is 11.1 Å². The van der Waals surface area contributed by atoms with E-state index in [2.05, 4.69) is 4.98 Å². The molecule has 0 amide bonds. The lowest BCUT2D eigenvalue weighted by atomic mass is 10.2. The minimum Gasteiger partial charge on any atom is -0.490 e. The maximum Gasteiger partial charge on any atom is 0.347 e. The number of carbonyl (C=O) groups is 1. The lowest BCUT2D eigenvalue weighted by Crippen LogP contribution is -2.18. The first kappa shape index (κ1) is 17.8. The first-order chi connectivity index (χ1) is 13.2. The zero-order valence-corrected chi connectivity index (χ0v) is 15.3. The molecule has 3 aromatic rings. The maximum atomic E-state index is 12.8. The van der Waals surface area contributed by atoms with Crippen LogP contribution in [0.4, 0.5) is 0 Å². The number of carbonyl (C=O) groups excluding carboxylic acids is 1. The number of rotatable bonds is 5. The minimum absolute atomic E-state index is 0.0680. The Morgan fingerprint density at radius 3 is 2.89 bits per heavy atom. The number of para-hydroxylation sites is 1. The molecule has 1 aromatic heterocycles. The molecule has 1 aliphatic heterocycles. The fraction of sp³-hybridized carbons (Fsp3) is 0.238. The summed E-state index contributed by atoms with van der Waals surface area (Å²) in [5, 5.41) is 1.28. The monoisotopic (exact) mass is 383 g/mol. The van der Waals surface area contributed by atoms with E-state index in [4.69, 9.17) is 25.8 Å². The second-order valence-corrected chi connectivity index (χ2v) is 6.68. The molecular weight excluding hydrogens is 366 g/mol. The van der Waals surface area contributed by atoms with Gasteiger partial charge in [0, 0.05) is 18.2 Å². The van der Waals surface area contributed by atoms with E-state index in [1.54, 1.807) is 42.6 Å². The fourth-order valence-electron chi connectivity index (χ4n) is 3.07. The summed E-state index contributed by atoms with van der Waals surface area (Å²) in [5.41, 5.74) is 0.894. The van der Waals surface area contributed by atoms with Gasteiger partial charge in [-0.3, -0.25) is 4.98 Å². The van der Waals surface area contributed by atoms with Gasteiger partial charge in [-0.05, 0) is 49.2 Å². The third-order valence-corrected chi connectivity index (χ3v) is 4.77. The highest BCUT2D eigenvalue weighted by atomic mass is 35.5. The molecule has 2 aromatic carbocycles. The number of esters is 1. The summed E-state index contributed by atoms with van der Waals surface area (Å²) < 4.78 is 17.0. The molecule has 0 bridgehead atoms. The van der Waals surface area contributed by atoms with Crippen molar-refractivity contribution in [2.24, 2.45) is 0 Å². The average Bonchev–Trinajstić information content (AvgIpc) is 3.22. The molecule has 6 heteroatoms. The van der Waals surface area contributed by atoms with E-state index >= 15 is 0 Å². The molecule has 0 aliphatic carbocycles. The van der Waals surface area contributed by atoms with Gasteiger partial charge in [-0.25, -0.2) is 4.79 Å². The normalized spacial score (nSPS) is 16.4. The predicted molar refractivity (Wildman–Crippen MR) is 103 cm³/mol. The number of fused-ring (bicyclic) bond motifs is 1. The van der Waals surface area contributed by atoms with Crippen LogP contribution in [0, 0.1) is 0 Å². The zero-order valence-electron chi connectivity index (χ0n) is 14.6. The first-order valence-electron chi connectivity index (χ1n) is 8.81. The molecule has 1 saturated heterocycles. The number of halogens is 1. The largest absolute Gasteiger partial charge is 0.490 e. The standard InChI is InChI=1S/C21H18ClNO4/c22-17-9-10-19(20-15(17)7-3-11-23-20)27-21(24)16-6-1-2-8-18(16)26-13-14-5-4-12-25-14/h1-3,6-11,14H,4-5,12-13H2/t14-/m0/s1. The lowest BCUT2D eigenvalue weighted by molar-refractivity contribution is 0.0645. The molecular formula is C21H18ClNO4. The van der Waals surface area contributed by atoms with Crippen LogP contribution >= 0.6 is 11.6 Å². The molecule has 1 atom stereocenters. The molecule has 0 unspecified atom stereocenters. The van der Waals surface area contributed by atoms with Crippen molar-refractivity contribution >= 4 is 28.5 Å². The Bertz CT molecular complexity index is 969. The highest BCUT2D eigenvalue weighted by Gasteiger charge is 2.20. The Morgan fingerprint density at radius 1 is 1.15 bits per heavy atom. The molecule has 5 nitrogen and oxygen atoms in total. The van der Waals surface area contributed by atoms with Crippen LogP contribution in [0.2, 0.25) is 5.02 Å². The Labute approximate surface area is 161 Å². The molecule has 0 saturated carbocycles. The molecule has 0 N–H and O–H groups in total. The van der Waals surface area contributed by atoms with Gasteiger partial charge in [-0.2, -0.15) is 0 Å². The second-order valence-electron chi connectivity index (χ2n) is 6.28. The van der Waals surface area contributed by atoms with Gasteiger partial charge in [0.15, 0.2) is 5.75 Å². The van der Waals surface area contributed by atoms with E-state index in [1.807, 2.05) is 12.1 Å². The van der Waals surface area contributed by atoms with E-state index in [-0.39, 0.29) is 6.10 Å². The lowest BCUT2D eigenvalue weighted by Gasteiger charge is -2.14. The van der Waals surface area contributed by atoms with Crippen LogP contribution in [0.25, 0.3) is 10.9 Å². The molecule has 2 heterocycles. The third-order valence-electron chi connectivity index (χ3n) is 4.44. The van der Waals surface area contributed by atoms with Crippen LogP contribution in [0.15, 0.2) is 54.7 Å². The van der Waals surface area contributed by atoms with Crippen LogP contribution in [-0.4, -0.2) is 30.3 Å². The van der Waals surface area contributed by atoms with Gasteiger partial charge in [0.1, 0.15) is 23.4 Å². The van der Waals surface area contributed by atoms with E-state index in [1.165, 1.54) is 0 Å². The van der Waals surface area contributed by atoms with Gasteiger partial charge in [-0.15, -0.1) is 0 Å². The Hall–Kier alpha value is -2.63. The van der Waals surface area contributed by atoms with Crippen molar-refractivity contribution < 1.29 is 19.0 Å². The number of hydrogen-bond acceptors (Lipinski definition) is 5. The summed E-state index contributed by atoms with van der Waals surface area (Å²) in [6.07, 6.45) is 3.71. The highest BCUT2D eigenvalue weighted by Crippen LogP contribution is 2.31. The van der Waals surface area contributed by atoms with Crippen LogP contribution in [0.1, 0.15) is 23.2 Å². The summed E-state index contributed by atoms with van der Waals surface area (Å²) in [4.78, 5) is 17.1. The van der Waals surface area contributed by atoms with E-state index < -0.39 is 5.97 Å². The SMILES string of the molecule is O=C(Oc1ccc(Cl)c2cccnc12)c1ccccc1OC[C@@H]1CCCO1. The Balaban J connectivity index is 1.56. The van der Waals surface area contributed by atoms with Crippen molar-refractivity contribution in [3.8, 4) is 11.5 Å². The first-order valence-corrected chi connectivity index (χ1v) is 9.19. The number of nitrogens with zero attached hydrogens (tertiary/aromatic N) is 1. The van der Waals surface area contributed by atoms with Crippen LogP contribution in [-0.2, 0) is 4.74 Å². The van der Waals surface area contributed by atoms with Crippen molar-refractivity contribution in [3.63, 3.8) is 0 Å². The number of hydrogen-bond donors (Lipinski definition) is 0. The molecule has 1 fully saturated rings. The predicted octanol–water partition coefficient (Wildman–Crippen LogP) is 4.67. The average molecular weight is 384 g/mol. The van der Waals surface area contributed by atoms with Crippen molar-refractivity contribution in [3.05, 3.63) is 65.3 Å². The van der Waals surface area contributed by atoms with E-state index in [9.17, 15) is 4.79 Å². The van der Waals surface area contributed by atoms with E-state index in [0.717, 1.165) is 24.8 Å². The van der Waals surface area contributed by atoms with Gasteiger partial charge in [0.2, 0.25) is 0 Å². The van der Waals surface area contributed by atoms with Gasteiger partial charge in [-0.1, -0.05) is 23.7 Å². The zero-order chi connectivity index (χ0) is 18.6. The van der Waals surface area contributed by atoms with Crippen molar-refractivity contribution in [2.45, 2.75) is 18.9 Å². The highest BCUT2D eigenvalue weighted by molar-refractivity contribution is 6.35. The summed E-state index contributed by atoms with van der Waals surface area (Å²) in [5.74, 6) is 0.324. The molecule has 0 radical (unpaired) electrons. The van der Waals surface area contributed by atoms with Gasteiger partial charge < -0.3 is 14.2 Å². The summed E-state index contributed by atoms with van der Waals surface area (Å²) in [7, 11) is 0. The van der Waals surface area contributed by atoms with Crippen LogP contribution in [0.5, 0.6) is 11.5 Å². The van der Waals surface area contributed by atoms with Gasteiger partial charge in [0.25, 0.3) is 0 Å². The molecule has 1 aliphatic rings. The maximum absolute atomic E-state index is 12.8. The molecule has 138 valence electrons. The fourth-order valence-corrected chi connectivity index (χ4v) is 3.28. The van der Waals surface area contributed by atoms with Crippen molar-refractivity contribution in [1.29, 1.82) is 0 Å². The summed E-state index contributed by atoms with van der Waals surface area (Å²) in [6, 6.07) is 14.0. The van der Waals surface area contributed by atoms with Gasteiger partial charge >= 0.3 is 5.97 Å². The number of aromatic nitrogens is 1.